The summed E-state index contributed by atoms with van der Waals surface area (Å²) in [5.74, 6) is 0. The zero-order valence-electron chi connectivity index (χ0n) is 8.85. The highest BCUT2D eigenvalue weighted by Crippen LogP contribution is 2.27. The van der Waals surface area contributed by atoms with Crippen LogP contribution in [0.25, 0.3) is 0 Å². The third-order valence-electron chi connectivity index (χ3n) is 2.35. The van der Waals surface area contributed by atoms with E-state index in [1.165, 1.54) is 5.69 Å². The van der Waals surface area contributed by atoms with E-state index in [2.05, 4.69) is 49.9 Å². The quantitative estimate of drug-likeness (QED) is 0.779. The van der Waals surface area contributed by atoms with Crippen LogP contribution < -0.4 is 0 Å². The van der Waals surface area contributed by atoms with Crippen molar-refractivity contribution in [1.29, 1.82) is 0 Å². The molecule has 2 nitrogen and oxygen atoms in total. The molecule has 1 aromatic rings. The van der Waals surface area contributed by atoms with Crippen molar-refractivity contribution in [1.82, 2.24) is 9.78 Å². The average Bonchev–Trinajstić information content (AvgIpc) is 2.45. The minimum absolute atomic E-state index is 0.264. The fraction of sp³-hybridized carbons (Fsp3) is 0.700. The summed E-state index contributed by atoms with van der Waals surface area (Å²) in [6, 6.07) is 2.16. The van der Waals surface area contributed by atoms with E-state index in [1.807, 2.05) is 18.7 Å². The van der Waals surface area contributed by atoms with Gasteiger partial charge in [-0.25, -0.2) is 0 Å². The van der Waals surface area contributed by atoms with Crippen molar-refractivity contribution < 1.29 is 0 Å². The van der Waals surface area contributed by atoms with Crippen molar-refractivity contribution in [3.8, 4) is 0 Å². The Bertz CT molecular complexity index is 303. The summed E-state index contributed by atoms with van der Waals surface area (Å²) in [5, 5.41) is 6.34. The van der Waals surface area contributed by atoms with Crippen LogP contribution in [-0.4, -0.2) is 20.4 Å². The summed E-state index contributed by atoms with van der Waals surface area (Å²) < 4.78 is 1.97. The summed E-state index contributed by atoms with van der Waals surface area (Å²) >= 11 is 7.12. The topological polar surface area (TPSA) is 17.8 Å². The Morgan fingerprint density at radius 2 is 2.00 bits per heavy atom. The van der Waals surface area contributed by atoms with Crippen LogP contribution in [0.15, 0.2) is 6.07 Å². The number of hydrogen-bond acceptors (Lipinski definition) is 1. The number of halogens is 2. The second-order valence-corrected chi connectivity index (χ2v) is 5.28. The van der Waals surface area contributed by atoms with Crippen LogP contribution in [0.5, 0.6) is 0 Å². The van der Waals surface area contributed by atoms with Crippen LogP contribution in [0, 0.1) is 12.3 Å². The van der Waals surface area contributed by atoms with Gasteiger partial charge in [-0.3, -0.25) is 4.68 Å². The van der Waals surface area contributed by atoms with Gasteiger partial charge >= 0.3 is 0 Å². The molecule has 0 saturated carbocycles. The highest BCUT2D eigenvalue weighted by atomic mass is 79.9. The molecule has 0 aliphatic rings. The van der Waals surface area contributed by atoms with E-state index in [0.717, 1.165) is 22.8 Å². The zero-order valence-corrected chi connectivity index (χ0v) is 12.0. The molecular formula is C10H16Br2N2. The molecule has 0 bridgehead atoms. The maximum absolute atomic E-state index is 4.35. The predicted octanol–water partition coefficient (Wildman–Crippen LogP) is 3.07. The minimum Gasteiger partial charge on any atom is -0.272 e. The van der Waals surface area contributed by atoms with Gasteiger partial charge in [0.05, 0.1) is 5.69 Å². The van der Waals surface area contributed by atoms with Gasteiger partial charge in [-0.05, 0) is 24.8 Å². The average molecular weight is 324 g/mol. The molecule has 4 heteroatoms. The second kappa shape index (κ2) is 4.79. The van der Waals surface area contributed by atoms with Gasteiger partial charge in [0.1, 0.15) is 0 Å². The Morgan fingerprint density at radius 1 is 1.43 bits per heavy atom. The van der Waals surface area contributed by atoms with Gasteiger partial charge < -0.3 is 0 Å². The fourth-order valence-corrected chi connectivity index (χ4v) is 2.72. The maximum atomic E-state index is 4.35. The van der Waals surface area contributed by atoms with E-state index < -0.39 is 0 Å². The molecule has 0 aliphatic heterocycles. The molecule has 1 heterocycles. The fourth-order valence-electron chi connectivity index (χ4n) is 1.40. The molecule has 0 atom stereocenters. The summed E-state index contributed by atoms with van der Waals surface area (Å²) in [6.07, 6.45) is 1.04. The van der Waals surface area contributed by atoms with E-state index in [9.17, 15) is 0 Å². The van der Waals surface area contributed by atoms with Gasteiger partial charge in [0, 0.05) is 23.4 Å². The number of rotatable bonds is 4. The molecule has 0 N–H and O–H groups in total. The first-order valence-electron chi connectivity index (χ1n) is 4.62. The molecule has 14 heavy (non-hydrogen) atoms. The van der Waals surface area contributed by atoms with E-state index in [4.69, 9.17) is 0 Å². The van der Waals surface area contributed by atoms with Crippen LogP contribution in [0.3, 0.4) is 0 Å². The lowest BCUT2D eigenvalue weighted by molar-refractivity contribution is 0.423. The van der Waals surface area contributed by atoms with Gasteiger partial charge in [-0.2, -0.15) is 5.10 Å². The molecule has 0 aromatic carbocycles. The molecule has 0 fully saturated rings. The Hall–Kier alpha value is 0.170. The molecule has 0 aliphatic carbocycles. The standard InChI is InChI=1S/C10H16Br2N2/c1-8-4-9(14(3)13-8)5-10(2,6-11)7-12/h4H,5-7H2,1-3H3. The van der Waals surface area contributed by atoms with Gasteiger partial charge in [-0.1, -0.05) is 38.8 Å². The lowest BCUT2D eigenvalue weighted by Crippen LogP contribution is -2.24. The number of aromatic nitrogens is 2. The molecule has 0 unspecified atom stereocenters. The number of aryl methyl sites for hydroxylation is 2. The number of nitrogens with zero attached hydrogens (tertiary/aromatic N) is 2. The normalized spacial score (nSPS) is 12.1. The molecule has 0 saturated heterocycles. The van der Waals surface area contributed by atoms with Crippen LogP contribution in [0.2, 0.25) is 0 Å². The van der Waals surface area contributed by atoms with Crippen molar-refractivity contribution in [2.24, 2.45) is 12.5 Å². The molecule has 1 rings (SSSR count). The van der Waals surface area contributed by atoms with E-state index in [1.54, 1.807) is 0 Å². The van der Waals surface area contributed by atoms with Crippen molar-refractivity contribution in [2.45, 2.75) is 20.3 Å². The first-order chi connectivity index (χ1) is 6.50. The van der Waals surface area contributed by atoms with E-state index in [-0.39, 0.29) is 5.41 Å². The van der Waals surface area contributed by atoms with Crippen LogP contribution in [0.1, 0.15) is 18.3 Å². The predicted molar refractivity (Wildman–Crippen MR) is 67.3 cm³/mol. The molecule has 80 valence electrons. The van der Waals surface area contributed by atoms with Gasteiger partial charge in [0.25, 0.3) is 0 Å². The van der Waals surface area contributed by atoms with Gasteiger partial charge in [0.2, 0.25) is 0 Å². The highest BCUT2D eigenvalue weighted by molar-refractivity contribution is 9.09. The summed E-state index contributed by atoms with van der Waals surface area (Å²) in [5.41, 5.74) is 2.65. The van der Waals surface area contributed by atoms with E-state index in [0.29, 0.717) is 0 Å². The Kier molecular flexibility index (Phi) is 4.19. The van der Waals surface area contributed by atoms with Gasteiger partial charge in [0.15, 0.2) is 0 Å². The third-order valence-corrected chi connectivity index (χ3v) is 5.06. The molecule has 0 amide bonds. The first kappa shape index (κ1) is 12.2. The van der Waals surface area contributed by atoms with Crippen molar-refractivity contribution >= 4 is 31.9 Å². The highest BCUT2D eigenvalue weighted by Gasteiger charge is 2.23. The smallest absolute Gasteiger partial charge is 0.0596 e. The SMILES string of the molecule is Cc1cc(CC(C)(CBr)CBr)n(C)n1. The van der Waals surface area contributed by atoms with Crippen LogP contribution >= 0.6 is 31.9 Å². The van der Waals surface area contributed by atoms with Gasteiger partial charge in [-0.15, -0.1) is 0 Å². The molecular weight excluding hydrogens is 308 g/mol. The van der Waals surface area contributed by atoms with E-state index >= 15 is 0 Å². The maximum Gasteiger partial charge on any atom is 0.0596 e. The third kappa shape index (κ3) is 2.83. The monoisotopic (exact) mass is 322 g/mol. The minimum atomic E-state index is 0.264. The second-order valence-electron chi connectivity index (χ2n) is 4.16. The first-order valence-corrected chi connectivity index (χ1v) is 6.86. The Morgan fingerprint density at radius 3 is 2.36 bits per heavy atom. The van der Waals surface area contributed by atoms with Crippen molar-refractivity contribution in [2.75, 3.05) is 10.7 Å². The molecule has 0 spiro atoms. The summed E-state index contributed by atoms with van der Waals surface area (Å²) in [7, 11) is 2.01. The largest absolute Gasteiger partial charge is 0.272 e. The Balaban J connectivity index is 2.81. The number of alkyl halides is 2. The number of hydrogen-bond donors (Lipinski definition) is 0. The van der Waals surface area contributed by atoms with Crippen LogP contribution in [-0.2, 0) is 13.5 Å². The lowest BCUT2D eigenvalue weighted by atomic mass is 9.90. The lowest BCUT2D eigenvalue weighted by Gasteiger charge is -2.24. The molecule has 0 radical (unpaired) electrons. The van der Waals surface area contributed by atoms with Crippen LogP contribution in [0.4, 0.5) is 0 Å². The zero-order chi connectivity index (χ0) is 10.8. The summed E-state index contributed by atoms with van der Waals surface area (Å²) in [4.78, 5) is 0. The summed E-state index contributed by atoms with van der Waals surface area (Å²) in [6.45, 7) is 4.29. The Labute approximate surface area is 102 Å². The molecule has 1 aromatic heterocycles. The van der Waals surface area contributed by atoms with Crippen molar-refractivity contribution in [3.63, 3.8) is 0 Å². The van der Waals surface area contributed by atoms with Crippen molar-refractivity contribution in [3.05, 3.63) is 17.5 Å².